The Hall–Kier alpha value is -1.39. The molecule has 1 unspecified atom stereocenters. The van der Waals surface area contributed by atoms with Crippen LogP contribution in [0.4, 0.5) is 0 Å². The summed E-state index contributed by atoms with van der Waals surface area (Å²) in [5, 5.41) is 6.09. The summed E-state index contributed by atoms with van der Waals surface area (Å²) in [7, 11) is 1.87. The van der Waals surface area contributed by atoms with E-state index in [1.54, 1.807) is 0 Å². The monoisotopic (exact) mass is 289 g/mol. The molecule has 0 aromatic heterocycles. The van der Waals surface area contributed by atoms with Crippen molar-refractivity contribution >= 4 is 5.91 Å². The Bertz CT molecular complexity index is 455. The van der Waals surface area contributed by atoms with Crippen LogP contribution >= 0.6 is 0 Å². The summed E-state index contributed by atoms with van der Waals surface area (Å²) in [5.74, 6) is 0.112. The van der Waals surface area contributed by atoms with Crippen molar-refractivity contribution in [2.24, 2.45) is 5.92 Å². The number of nitrogens with zero attached hydrogens (tertiary/aromatic N) is 1. The van der Waals surface area contributed by atoms with Crippen LogP contribution in [0.15, 0.2) is 24.3 Å². The van der Waals surface area contributed by atoms with E-state index in [4.69, 9.17) is 0 Å². The maximum absolute atomic E-state index is 12.0. The molecule has 4 heteroatoms. The highest BCUT2D eigenvalue weighted by Gasteiger charge is 2.15. The maximum atomic E-state index is 12.0. The number of hydrogen-bond acceptors (Lipinski definition) is 3. The summed E-state index contributed by atoms with van der Waals surface area (Å²) in [4.78, 5) is 14.5. The van der Waals surface area contributed by atoms with Crippen molar-refractivity contribution in [1.82, 2.24) is 15.5 Å². The van der Waals surface area contributed by atoms with Gasteiger partial charge >= 0.3 is 0 Å². The number of nitrogens with one attached hydrogen (secondary N) is 2. The molecule has 0 radical (unpaired) electrons. The van der Waals surface area contributed by atoms with Crippen LogP contribution in [-0.4, -0.2) is 37.5 Å². The predicted octanol–water partition coefficient (Wildman–Crippen LogP) is 1.75. The minimum absolute atomic E-state index is 0.000689. The van der Waals surface area contributed by atoms with E-state index in [9.17, 15) is 4.79 Å². The predicted molar refractivity (Wildman–Crippen MR) is 85.9 cm³/mol. The normalized spacial score (nSPS) is 16.9. The lowest BCUT2D eigenvalue weighted by Crippen LogP contribution is -2.34. The first-order chi connectivity index (χ1) is 10.2. The van der Waals surface area contributed by atoms with Crippen LogP contribution in [0.25, 0.3) is 0 Å². The zero-order chi connectivity index (χ0) is 15.1. The van der Waals surface area contributed by atoms with Crippen molar-refractivity contribution in [3.8, 4) is 0 Å². The van der Waals surface area contributed by atoms with Crippen molar-refractivity contribution < 1.29 is 4.79 Å². The lowest BCUT2D eigenvalue weighted by Gasteiger charge is -2.18. The van der Waals surface area contributed by atoms with Crippen molar-refractivity contribution in [1.29, 1.82) is 0 Å². The molecule has 21 heavy (non-hydrogen) atoms. The van der Waals surface area contributed by atoms with E-state index in [2.05, 4.69) is 33.7 Å². The van der Waals surface area contributed by atoms with Gasteiger partial charge in [0.2, 0.25) is 5.91 Å². The first-order valence-corrected chi connectivity index (χ1v) is 7.92. The first-order valence-electron chi connectivity index (χ1n) is 7.92. The Morgan fingerprint density at radius 2 is 1.90 bits per heavy atom. The van der Waals surface area contributed by atoms with E-state index in [1.165, 1.54) is 37.1 Å². The van der Waals surface area contributed by atoms with Gasteiger partial charge in [0.15, 0.2) is 0 Å². The van der Waals surface area contributed by atoms with Crippen LogP contribution in [0.2, 0.25) is 0 Å². The van der Waals surface area contributed by atoms with Gasteiger partial charge in [0, 0.05) is 25.6 Å². The van der Waals surface area contributed by atoms with Gasteiger partial charge in [-0.25, -0.2) is 0 Å². The fourth-order valence-electron chi connectivity index (χ4n) is 2.82. The average molecular weight is 289 g/mol. The van der Waals surface area contributed by atoms with Gasteiger partial charge in [-0.1, -0.05) is 31.2 Å². The highest BCUT2D eigenvalue weighted by molar-refractivity contribution is 5.78. The highest BCUT2D eigenvalue weighted by Crippen LogP contribution is 2.16. The number of benzene rings is 1. The third kappa shape index (κ3) is 4.83. The number of hydrogen-bond donors (Lipinski definition) is 2. The molecule has 0 bridgehead atoms. The van der Waals surface area contributed by atoms with Crippen molar-refractivity contribution in [2.75, 3.05) is 26.7 Å². The fourth-order valence-corrected chi connectivity index (χ4v) is 2.82. The van der Waals surface area contributed by atoms with Crippen LogP contribution < -0.4 is 10.6 Å². The molecule has 1 atom stereocenters. The molecule has 1 aliphatic heterocycles. The molecular formula is C17H27N3O. The molecule has 1 aromatic rings. The van der Waals surface area contributed by atoms with E-state index in [1.807, 2.05) is 20.0 Å². The molecule has 0 spiro atoms. The largest absolute Gasteiger partial charge is 0.352 e. The minimum atomic E-state index is 0.000689. The van der Waals surface area contributed by atoms with Crippen LogP contribution in [0.5, 0.6) is 0 Å². The second kappa shape index (κ2) is 8.15. The van der Waals surface area contributed by atoms with E-state index in [-0.39, 0.29) is 11.8 Å². The lowest BCUT2D eigenvalue weighted by atomic mass is 10.1. The molecule has 0 aliphatic carbocycles. The smallest absolute Gasteiger partial charge is 0.224 e. The molecule has 116 valence electrons. The number of carbonyl (C=O) groups excluding carboxylic acids is 1. The zero-order valence-corrected chi connectivity index (χ0v) is 13.2. The minimum Gasteiger partial charge on any atom is -0.352 e. The summed E-state index contributed by atoms with van der Waals surface area (Å²) >= 11 is 0. The molecular weight excluding hydrogens is 262 g/mol. The number of amides is 1. The quantitative estimate of drug-likeness (QED) is 0.804. The van der Waals surface area contributed by atoms with Crippen molar-refractivity contribution in [3.05, 3.63) is 35.4 Å². The van der Waals surface area contributed by atoms with Crippen molar-refractivity contribution in [2.45, 2.75) is 32.9 Å². The maximum Gasteiger partial charge on any atom is 0.224 e. The molecule has 1 saturated heterocycles. The Morgan fingerprint density at radius 1 is 1.24 bits per heavy atom. The lowest BCUT2D eigenvalue weighted by molar-refractivity contribution is -0.124. The van der Waals surface area contributed by atoms with Crippen LogP contribution in [0.1, 0.15) is 30.9 Å². The second-order valence-electron chi connectivity index (χ2n) is 5.93. The van der Waals surface area contributed by atoms with Gasteiger partial charge in [0.1, 0.15) is 0 Å². The van der Waals surface area contributed by atoms with E-state index in [0.29, 0.717) is 13.1 Å². The molecule has 2 rings (SSSR count). The Labute approximate surface area is 127 Å². The van der Waals surface area contributed by atoms with E-state index in [0.717, 1.165) is 6.54 Å². The van der Waals surface area contributed by atoms with Crippen molar-refractivity contribution in [3.63, 3.8) is 0 Å². The fraction of sp³-hybridized carbons (Fsp3) is 0.588. The van der Waals surface area contributed by atoms with Crippen LogP contribution in [0.3, 0.4) is 0 Å². The number of carbonyl (C=O) groups is 1. The number of rotatable bonds is 7. The van der Waals surface area contributed by atoms with Crippen LogP contribution in [-0.2, 0) is 17.9 Å². The summed E-state index contributed by atoms with van der Waals surface area (Å²) in [6, 6.07) is 8.43. The van der Waals surface area contributed by atoms with Gasteiger partial charge in [-0.15, -0.1) is 0 Å². The number of likely N-dealkylation sites (tertiary alicyclic amines) is 1. The third-order valence-corrected chi connectivity index (χ3v) is 4.12. The van der Waals surface area contributed by atoms with E-state index < -0.39 is 0 Å². The summed E-state index contributed by atoms with van der Waals surface area (Å²) in [6.45, 7) is 6.66. The molecule has 4 nitrogen and oxygen atoms in total. The summed E-state index contributed by atoms with van der Waals surface area (Å²) in [6.07, 6.45) is 2.61. The average Bonchev–Trinajstić information content (AvgIpc) is 2.99. The Morgan fingerprint density at radius 3 is 2.57 bits per heavy atom. The van der Waals surface area contributed by atoms with Gasteiger partial charge in [-0.05, 0) is 44.1 Å². The van der Waals surface area contributed by atoms with Gasteiger partial charge in [-0.3, -0.25) is 9.69 Å². The second-order valence-corrected chi connectivity index (χ2v) is 5.93. The van der Waals surface area contributed by atoms with E-state index >= 15 is 0 Å². The SMILES string of the molecule is CNCC(C)C(=O)NCc1ccccc1CN1CCCC1. The zero-order valence-electron chi connectivity index (χ0n) is 13.2. The van der Waals surface area contributed by atoms with Gasteiger partial charge in [-0.2, -0.15) is 0 Å². The summed E-state index contributed by atoms with van der Waals surface area (Å²) in [5.41, 5.74) is 2.57. The Balaban J connectivity index is 1.91. The summed E-state index contributed by atoms with van der Waals surface area (Å²) < 4.78 is 0. The topological polar surface area (TPSA) is 44.4 Å². The van der Waals surface area contributed by atoms with Gasteiger partial charge < -0.3 is 10.6 Å². The third-order valence-electron chi connectivity index (χ3n) is 4.12. The molecule has 0 saturated carbocycles. The molecule has 1 fully saturated rings. The Kier molecular flexibility index (Phi) is 6.21. The molecule has 1 amide bonds. The highest BCUT2D eigenvalue weighted by atomic mass is 16.1. The molecule has 2 N–H and O–H groups in total. The van der Waals surface area contributed by atoms with Gasteiger partial charge in [0.25, 0.3) is 0 Å². The molecule has 1 aromatic carbocycles. The molecule has 1 aliphatic rings. The first kappa shape index (κ1) is 16.0. The van der Waals surface area contributed by atoms with Gasteiger partial charge in [0.05, 0.1) is 0 Å². The van der Waals surface area contributed by atoms with Crippen LogP contribution in [0, 0.1) is 5.92 Å². The standard InChI is InChI=1S/C17H27N3O/c1-14(11-18-2)17(21)19-12-15-7-3-4-8-16(15)13-20-9-5-6-10-20/h3-4,7-8,14,18H,5-6,9-13H2,1-2H3,(H,19,21). The molecule has 1 heterocycles.